The molecule has 3 rings (SSSR count). The minimum absolute atomic E-state index is 0.289. The Morgan fingerprint density at radius 3 is 2.78 bits per heavy atom. The molecule has 0 aliphatic heterocycles. The number of rotatable bonds is 3. The molecule has 1 aromatic carbocycles. The number of carbonyl (C=O) groups is 1. The van der Waals surface area contributed by atoms with Crippen molar-refractivity contribution in [3.05, 3.63) is 42.0 Å². The number of carboxylic acid groups (broad SMARTS) is 1. The van der Waals surface area contributed by atoms with Crippen LogP contribution >= 0.6 is 0 Å². The Labute approximate surface area is 105 Å². The zero-order chi connectivity index (χ0) is 12.5. The third-order valence-electron chi connectivity index (χ3n) is 3.62. The van der Waals surface area contributed by atoms with Crippen LogP contribution in [-0.4, -0.2) is 16.8 Å². The first-order chi connectivity index (χ1) is 8.74. The number of allylic oxidation sites excluding steroid dienone is 2. The normalized spacial score (nSPS) is 26.8. The molecule has 2 N–H and O–H groups in total. The molecule has 4 heteroatoms. The smallest absolute Gasteiger partial charge is 0.335 e. The Morgan fingerprint density at radius 1 is 1.33 bits per heavy atom. The lowest BCUT2D eigenvalue weighted by Gasteiger charge is -2.31. The fraction of sp³-hybridized carbons (Fsp3) is 0.286. The molecule has 0 heterocycles. The van der Waals surface area contributed by atoms with Crippen molar-refractivity contribution < 1.29 is 9.90 Å². The number of nitrogens with zero attached hydrogens (tertiary/aromatic N) is 1. The number of hydrogen-bond donors (Lipinski definition) is 2. The summed E-state index contributed by atoms with van der Waals surface area (Å²) < 4.78 is 0. The highest BCUT2D eigenvalue weighted by Crippen LogP contribution is 2.40. The number of hydrogen-bond acceptors (Lipinski definition) is 3. The quantitative estimate of drug-likeness (QED) is 0.632. The molecule has 2 aliphatic rings. The van der Waals surface area contributed by atoms with Gasteiger partial charge in [-0.25, -0.2) is 4.79 Å². The van der Waals surface area contributed by atoms with E-state index in [-0.39, 0.29) is 5.56 Å². The van der Waals surface area contributed by atoms with Gasteiger partial charge in [-0.05, 0) is 43.0 Å². The van der Waals surface area contributed by atoms with Gasteiger partial charge in [0.05, 0.1) is 11.3 Å². The highest BCUT2D eigenvalue weighted by Gasteiger charge is 2.37. The van der Waals surface area contributed by atoms with Gasteiger partial charge in [-0.3, -0.25) is 5.43 Å². The van der Waals surface area contributed by atoms with Crippen molar-refractivity contribution >= 4 is 17.4 Å². The van der Waals surface area contributed by atoms with Crippen molar-refractivity contribution in [3.8, 4) is 0 Å². The van der Waals surface area contributed by atoms with Crippen LogP contribution in [-0.2, 0) is 0 Å². The summed E-state index contributed by atoms with van der Waals surface area (Å²) >= 11 is 0. The topological polar surface area (TPSA) is 61.7 Å². The van der Waals surface area contributed by atoms with Gasteiger partial charge in [0, 0.05) is 11.6 Å². The predicted octanol–water partition coefficient (Wildman–Crippen LogP) is 2.75. The SMILES string of the molecule is O=C(O)c1ccc(N/N=C2/C[C@H]3C=CC[C@H]23)cc1. The first-order valence-corrected chi connectivity index (χ1v) is 6.06. The minimum atomic E-state index is -0.910. The van der Waals surface area contributed by atoms with E-state index in [9.17, 15) is 4.79 Å². The maximum absolute atomic E-state index is 10.7. The summed E-state index contributed by atoms with van der Waals surface area (Å²) in [6, 6.07) is 6.62. The fourth-order valence-corrected chi connectivity index (χ4v) is 2.49. The van der Waals surface area contributed by atoms with Gasteiger partial charge >= 0.3 is 5.97 Å². The number of hydrazone groups is 1. The molecular formula is C14H14N2O2. The standard InChI is InChI=1S/C14H14N2O2/c17-14(18)9-4-6-11(7-5-9)15-16-13-8-10-2-1-3-12(10)13/h1-2,4-7,10,12,15H,3,8H2,(H,17,18)/b16-13-/t10-,12+/m1/s1. The molecule has 4 nitrogen and oxygen atoms in total. The number of benzene rings is 1. The summed E-state index contributed by atoms with van der Waals surface area (Å²) in [6.07, 6.45) is 6.63. The lowest BCUT2D eigenvalue weighted by Crippen LogP contribution is -2.33. The van der Waals surface area contributed by atoms with Gasteiger partial charge in [-0.2, -0.15) is 5.10 Å². The molecule has 1 aromatic rings. The van der Waals surface area contributed by atoms with Gasteiger partial charge in [0.1, 0.15) is 0 Å². The van der Waals surface area contributed by atoms with E-state index < -0.39 is 5.97 Å². The van der Waals surface area contributed by atoms with Crippen molar-refractivity contribution in [2.75, 3.05) is 5.43 Å². The molecule has 2 atom stereocenters. The largest absolute Gasteiger partial charge is 0.478 e. The Kier molecular flexibility index (Phi) is 2.63. The molecule has 92 valence electrons. The average Bonchev–Trinajstić information content (AvgIpc) is 2.72. The Morgan fingerprint density at radius 2 is 2.11 bits per heavy atom. The van der Waals surface area contributed by atoms with Crippen LogP contribution in [0, 0.1) is 11.8 Å². The molecular weight excluding hydrogens is 228 g/mol. The fourth-order valence-electron chi connectivity index (χ4n) is 2.49. The minimum Gasteiger partial charge on any atom is -0.478 e. The van der Waals surface area contributed by atoms with Gasteiger partial charge < -0.3 is 5.11 Å². The maximum Gasteiger partial charge on any atom is 0.335 e. The number of anilines is 1. The predicted molar refractivity (Wildman–Crippen MR) is 69.8 cm³/mol. The zero-order valence-electron chi connectivity index (χ0n) is 9.84. The number of fused-ring (bicyclic) bond motifs is 1. The van der Waals surface area contributed by atoms with Crippen molar-refractivity contribution in [3.63, 3.8) is 0 Å². The summed E-state index contributed by atoms with van der Waals surface area (Å²) in [4.78, 5) is 10.7. The van der Waals surface area contributed by atoms with Crippen LogP contribution < -0.4 is 5.43 Å². The third-order valence-corrected chi connectivity index (χ3v) is 3.62. The Balaban J connectivity index is 1.63. The van der Waals surface area contributed by atoms with E-state index in [0.29, 0.717) is 11.8 Å². The molecule has 0 aromatic heterocycles. The molecule has 0 saturated heterocycles. The number of aromatic carboxylic acids is 1. The molecule has 2 aliphatic carbocycles. The van der Waals surface area contributed by atoms with E-state index in [2.05, 4.69) is 22.7 Å². The van der Waals surface area contributed by atoms with E-state index >= 15 is 0 Å². The zero-order valence-corrected chi connectivity index (χ0v) is 9.84. The molecule has 0 radical (unpaired) electrons. The molecule has 1 saturated carbocycles. The molecule has 0 unspecified atom stereocenters. The summed E-state index contributed by atoms with van der Waals surface area (Å²) in [5.41, 5.74) is 5.32. The second-order valence-electron chi connectivity index (χ2n) is 4.74. The summed E-state index contributed by atoms with van der Waals surface area (Å²) in [6.45, 7) is 0. The van der Waals surface area contributed by atoms with Crippen molar-refractivity contribution in [1.29, 1.82) is 0 Å². The van der Waals surface area contributed by atoms with Crippen LogP contribution in [0.4, 0.5) is 5.69 Å². The van der Waals surface area contributed by atoms with Crippen LogP contribution in [0.1, 0.15) is 23.2 Å². The number of carboxylic acids is 1. The van der Waals surface area contributed by atoms with Crippen LogP contribution in [0.25, 0.3) is 0 Å². The van der Waals surface area contributed by atoms with E-state index in [1.165, 1.54) is 5.71 Å². The Hall–Kier alpha value is -2.10. The lowest BCUT2D eigenvalue weighted by molar-refractivity contribution is 0.0697. The first-order valence-electron chi connectivity index (χ1n) is 6.06. The van der Waals surface area contributed by atoms with E-state index in [0.717, 1.165) is 18.5 Å². The van der Waals surface area contributed by atoms with Gasteiger partial charge in [0.25, 0.3) is 0 Å². The molecule has 0 amide bonds. The van der Waals surface area contributed by atoms with Crippen molar-refractivity contribution in [2.24, 2.45) is 16.9 Å². The summed E-state index contributed by atoms with van der Waals surface area (Å²) in [5.74, 6) is 0.377. The van der Waals surface area contributed by atoms with Gasteiger partial charge in [0.15, 0.2) is 0 Å². The molecule has 0 spiro atoms. The van der Waals surface area contributed by atoms with E-state index in [1.54, 1.807) is 24.3 Å². The van der Waals surface area contributed by atoms with E-state index in [1.807, 2.05) is 0 Å². The van der Waals surface area contributed by atoms with Gasteiger partial charge in [-0.1, -0.05) is 12.2 Å². The second-order valence-corrected chi connectivity index (χ2v) is 4.74. The third kappa shape index (κ3) is 1.90. The van der Waals surface area contributed by atoms with Crippen LogP contribution in [0.2, 0.25) is 0 Å². The highest BCUT2D eigenvalue weighted by molar-refractivity contribution is 5.94. The first kappa shape index (κ1) is 11.0. The van der Waals surface area contributed by atoms with Crippen molar-refractivity contribution in [1.82, 2.24) is 0 Å². The van der Waals surface area contributed by atoms with Crippen LogP contribution in [0.3, 0.4) is 0 Å². The van der Waals surface area contributed by atoms with Gasteiger partial charge in [0.2, 0.25) is 0 Å². The highest BCUT2D eigenvalue weighted by atomic mass is 16.4. The molecule has 0 bridgehead atoms. The number of nitrogens with one attached hydrogen (secondary N) is 1. The van der Waals surface area contributed by atoms with Crippen molar-refractivity contribution in [2.45, 2.75) is 12.8 Å². The lowest BCUT2D eigenvalue weighted by atomic mass is 9.74. The van der Waals surface area contributed by atoms with Gasteiger partial charge in [-0.15, -0.1) is 0 Å². The summed E-state index contributed by atoms with van der Waals surface area (Å²) in [5, 5.41) is 13.2. The van der Waals surface area contributed by atoms with Crippen LogP contribution in [0.5, 0.6) is 0 Å². The molecule has 1 fully saturated rings. The Bertz CT molecular complexity index is 531. The average molecular weight is 242 g/mol. The van der Waals surface area contributed by atoms with Crippen LogP contribution in [0.15, 0.2) is 41.5 Å². The maximum atomic E-state index is 10.7. The summed E-state index contributed by atoms with van der Waals surface area (Å²) in [7, 11) is 0. The molecule has 18 heavy (non-hydrogen) atoms. The monoisotopic (exact) mass is 242 g/mol. The second kappa shape index (κ2) is 4.29. The van der Waals surface area contributed by atoms with E-state index in [4.69, 9.17) is 5.11 Å².